The Kier molecular flexibility index (Phi) is 7.23. The van der Waals surface area contributed by atoms with Gasteiger partial charge in [-0.1, -0.05) is 17.4 Å². The quantitative estimate of drug-likeness (QED) is 0.432. The van der Waals surface area contributed by atoms with E-state index in [0.29, 0.717) is 35.3 Å². The maximum absolute atomic E-state index is 13.6. The van der Waals surface area contributed by atoms with Crippen LogP contribution in [0.2, 0.25) is 0 Å². The minimum atomic E-state index is -0.214. The van der Waals surface area contributed by atoms with Crippen LogP contribution in [-0.4, -0.2) is 61.4 Å². The largest absolute Gasteiger partial charge is 0.492 e. The Morgan fingerprint density at radius 1 is 1.06 bits per heavy atom. The molecule has 0 aliphatic carbocycles. The Bertz CT molecular complexity index is 1190. The molecule has 2 heterocycles. The number of carbonyl (C=O) groups is 3. The number of carbonyl (C=O) groups excluding carboxylic acids is 3. The van der Waals surface area contributed by atoms with Crippen LogP contribution >= 0.6 is 11.3 Å². The lowest BCUT2D eigenvalue weighted by atomic mass is 10.1. The molecule has 0 atom stereocenters. The number of amides is 3. The van der Waals surface area contributed by atoms with Gasteiger partial charge < -0.3 is 9.64 Å². The van der Waals surface area contributed by atoms with Gasteiger partial charge in [0.1, 0.15) is 11.3 Å². The molecule has 0 bridgehead atoms. The average Bonchev–Trinajstić information content (AvgIpc) is 3.40. The molecule has 1 fully saturated rings. The molecule has 178 valence electrons. The summed E-state index contributed by atoms with van der Waals surface area (Å²) in [5, 5.41) is 0.611. The zero-order chi connectivity index (χ0) is 24.2. The summed E-state index contributed by atoms with van der Waals surface area (Å²) in [5.41, 5.74) is 1.71. The van der Waals surface area contributed by atoms with Gasteiger partial charge in [0.05, 0.1) is 17.0 Å². The minimum Gasteiger partial charge on any atom is -0.492 e. The zero-order valence-corrected chi connectivity index (χ0v) is 20.4. The van der Waals surface area contributed by atoms with Gasteiger partial charge in [0.25, 0.3) is 5.91 Å². The second-order valence-corrected chi connectivity index (χ2v) is 9.32. The van der Waals surface area contributed by atoms with Crippen molar-refractivity contribution in [1.29, 1.82) is 0 Å². The van der Waals surface area contributed by atoms with Crippen LogP contribution in [0.1, 0.15) is 36.5 Å². The average molecular weight is 481 g/mol. The zero-order valence-electron chi connectivity index (χ0n) is 19.6. The third-order valence-electron chi connectivity index (χ3n) is 5.56. The number of aromatic nitrogens is 1. The number of rotatable bonds is 9. The summed E-state index contributed by atoms with van der Waals surface area (Å²) in [7, 11) is 4.00. The summed E-state index contributed by atoms with van der Waals surface area (Å²) >= 11 is 1.45. The van der Waals surface area contributed by atoms with E-state index in [4.69, 9.17) is 9.72 Å². The van der Waals surface area contributed by atoms with Gasteiger partial charge in [0, 0.05) is 24.9 Å². The molecule has 34 heavy (non-hydrogen) atoms. The number of hydrogen-bond acceptors (Lipinski definition) is 7. The highest BCUT2D eigenvalue weighted by molar-refractivity contribution is 7.22. The van der Waals surface area contributed by atoms with Crippen LogP contribution < -0.4 is 14.5 Å². The highest BCUT2D eigenvalue weighted by atomic mass is 32.1. The molecule has 1 aromatic heterocycles. The summed E-state index contributed by atoms with van der Waals surface area (Å²) in [4.78, 5) is 47.4. The fraction of sp³-hybridized carbons (Fsp3) is 0.360. The fourth-order valence-corrected chi connectivity index (χ4v) is 4.91. The molecule has 9 heteroatoms. The minimum absolute atomic E-state index is 0.179. The van der Waals surface area contributed by atoms with E-state index in [1.54, 1.807) is 29.2 Å². The summed E-state index contributed by atoms with van der Waals surface area (Å²) in [6.45, 7) is 3.80. The third-order valence-corrected chi connectivity index (χ3v) is 6.60. The highest BCUT2D eigenvalue weighted by Gasteiger charge is 2.30. The maximum atomic E-state index is 13.6. The fourth-order valence-electron chi connectivity index (χ4n) is 3.90. The summed E-state index contributed by atoms with van der Waals surface area (Å²) in [5.74, 6) is 0.0943. The number of benzene rings is 2. The normalized spacial score (nSPS) is 13.8. The van der Waals surface area contributed by atoms with Gasteiger partial charge in [-0.05, 0) is 70.4 Å². The number of fused-ring (bicyclic) bond motifs is 1. The van der Waals surface area contributed by atoms with Crippen LogP contribution in [0.5, 0.6) is 5.75 Å². The Hall–Kier alpha value is -3.30. The molecule has 1 saturated heterocycles. The van der Waals surface area contributed by atoms with E-state index >= 15 is 0 Å². The lowest BCUT2D eigenvalue weighted by Crippen LogP contribution is -2.33. The third kappa shape index (κ3) is 4.95. The lowest BCUT2D eigenvalue weighted by Gasteiger charge is -2.21. The molecule has 3 aromatic rings. The summed E-state index contributed by atoms with van der Waals surface area (Å²) in [6, 6.07) is 12.4. The first-order valence-electron chi connectivity index (χ1n) is 11.3. The van der Waals surface area contributed by atoms with Crippen molar-refractivity contribution in [3.63, 3.8) is 0 Å². The lowest BCUT2D eigenvalue weighted by molar-refractivity contribution is -0.121. The van der Waals surface area contributed by atoms with Crippen molar-refractivity contribution in [2.24, 2.45) is 0 Å². The van der Waals surface area contributed by atoms with E-state index in [1.165, 1.54) is 16.2 Å². The first-order valence-corrected chi connectivity index (χ1v) is 12.2. The van der Waals surface area contributed by atoms with E-state index < -0.39 is 0 Å². The van der Waals surface area contributed by atoms with Crippen molar-refractivity contribution in [3.05, 3.63) is 48.0 Å². The number of para-hydroxylation sites is 1. The molecule has 8 nitrogen and oxygen atoms in total. The summed E-state index contributed by atoms with van der Waals surface area (Å²) < 4.78 is 6.68. The van der Waals surface area contributed by atoms with E-state index in [0.717, 1.165) is 23.2 Å². The SMILES string of the molecule is CCOc1cccc2sc(N(CCCN(C)C)C(=O)c3ccc(N4C(=O)CCC4=O)cc3)nc12. The number of nitrogens with zero attached hydrogens (tertiary/aromatic N) is 4. The standard InChI is InChI=1S/C25H28N4O4S/c1-4-33-19-7-5-8-20-23(19)26-25(34-20)28(16-6-15-27(2)3)24(32)17-9-11-18(12-10-17)29-21(30)13-14-22(29)31/h5,7-12H,4,6,13-16H2,1-3H3. The summed E-state index contributed by atoms with van der Waals surface area (Å²) in [6.07, 6.45) is 1.23. The molecule has 4 rings (SSSR count). The molecule has 3 amide bonds. The molecule has 0 spiro atoms. The van der Waals surface area contributed by atoms with Crippen molar-refractivity contribution < 1.29 is 19.1 Å². The van der Waals surface area contributed by atoms with Gasteiger partial charge in [0.2, 0.25) is 11.8 Å². The Labute approximate surface area is 202 Å². The Morgan fingerprint density at radius 3 is 2.41 bits per heavy atom. The van der Waals surface area contributed by atoms with Crippen LogP contribution in [0.25, 0.3) is 10.2 Å². The number of ether oxygens (including phenoxy) is 1. The maximum Gasteiger partial charge on any atom is 0.260 e. The van der Waals surface area contributed by atoms with Gasteiger partial charge in [-0.25, -0.2) is 4.98 Å². The Balaban J connectivity index is 1.63. The molecular formula is C25H28N4O4S. The van der Waals surface area contributed by atoms with Gasteiger partial charge >= 0.3 is 0 Å². The second kappa shape index (κ2) is 10.3. The van der Waals surface area contributed by atoms with Gasteiger partial charge in [-0.15, -0.1) is 0 Å². The van der Waals surface area contributed by atoms with Crippen LogP contribution in [0, 0.1) is 0 Å². The Morgan fingerprint density at radius 2 is 1.76 bits per heavy atom. The van der Waals surface area contributed by atoms with Crippen LogP contribution in [0.3, 0.4) is 0 Å². The first-order chi connectivity index (χ1) is 16.4. The topological polar surface area (TPSA) is 83.0 Å². The van der Waals surface area contributed by atoms with E-state index in [9.17, 15) is 14.4 Å². The van der Waals surface area contributed by atoms with Crippen LogP contribution in [-0.2, 0) is 9.59 Å². The van der Waals surface area contributed by atoms with Crippen molar-refractivity contribution in [2.75, 3.05) is 43.6 Å². The molecule has 1 aliphatic heterocycles. The predicted molar refractivity (Wildman–Crippen MR) is 134 cm³/mol. The highest BCUT2D eigenvalue weighted by Crippen LogP contribution is 2.35. The monoisotopic (exact) mass is 480 g/mol. The van der Waals surface area contributed by atoms with E-state index in [1.807, 2.05) is 39.2 Å². The molecular weight excluding hydrogens is 452 g/mol. The molecule has 1 aliphatic rings. The second-order valence-electron chi connectivity index (χ2n) is 8.32. The molecule has 2 aromatic carbocycles. The van der Waals surface area contributed by atoms with Crippen molar-refractivity contribution in [1.82, 2.24) is 9.88 Å². The molecule has 0 unspecified atom stereocenters. The van der Waals surface area contributed by atoms with Gasteiger partial charge in [-0.3, -0.25) is 24.2 Å². The molecule has 0 radical (unpaired) electrons. The first kappa shape index (κ1) is 23.8. The predicted octanol–water partition coefficient (Wildman–Crippen LogP) is 3.95. The molecule has 0 saturated carbocycles. The van der Waals surface area contributed by atoms with Crippen molar-refractivity contribution in [3.8, 4) is 5.75 Å². The van der Waals surface area contributed by atoms with E-state index in [2.05, 4.69) is 4.90 Å². The van der Waals surface area contributed by atoms with Crippen LogP contribution in [0.15, 0.2) is 42.5 Å². The van der Waals surface area contributed by atoms with Crippen LogP contribution in [0.4, 0.5) is 10.8 Å². The van der Waals surface area contributed by atoms with Gasteiger partial charge in [0.15, 0.2) is 5.13 Å². The van der Waals surface area contributed by atoms with Crippen molar-refractivity contribution >= 4 is 50.1 Å². The number of hydrogen-bond donors (Lipinski definition) is 0. The van der Waals surface area contributed by atoms with Gasteiger partial charge in [-0.2, -0.15) is 0 Å². The number of thiazole rings is 1. The number of imide groups is 1. The smallest absolute Gasteiger partial charge is 0.260 e. The molecule has 0 N–H and O–H groups in total. The number of anilines is 2. The van der Waals surface area contributed by atoms with E-state index in [-0.39, 0.29) is 30.6 Å². The van der Waals surface area contributed by atoms with Crippen molar-refractivity contribution in [2.45, 2.75) is 26.2 Å².